The van der Waals surface area contributed by atoms with Crippen molar-refractivity contribution in [2.45, 2.75) is 32.6 Å². The molecule has 0 spiro atoms. The van der Waals surface area contributed by atoms with Crippen LogP contribution in [0.3, 0.4) is 0 Å². The lowest BCUT2D eigenvalue weighted by Crippen LogP contribution is -2.31. The summed E-state index contributed by atoms with van der Waals surface area (Å²) in [6.07, 6.45) is 9.44. The zero-order valence-corrected chi connectivity index (χ0v) is 26.7. The van der Waals surface area contributed by atoms with Gasteiger partial charge in [0, 0.05) is 55.4 Å². The van der Waals surface area contributed by atoms with Crippen molar-refractivity contribution in [2.24, 2.45) is 7.05 Å². The van der Waals surface area contributed by atoms with Crippen molar-refractivity contribution in [3.05, 3.63) is 94.8 Å². The first kappa shape index (κ1) is 31.7. The van der Waals surface area contributed by atoms with Crippen molar-refractivity contribution in [3.8, 4) is 28.7 Å². The van der Waals surface area contributed by atoms with E-state index in [0.29, 0.717) is 46.1 Å². The molecule has 3 aromatic heterocycles. The Hall–Kier alpha value is -5.23. The van der Waals surface area contributed by atoms with E-state index in [1.54, 1.807) is 63.0 Å². The van der Waals surface area contributed by atoms with Crippen LogP contribution in [0.25, 0.3) is 16.6 Å². The fraction of sp³-hybridized carbons (Fsp3) is 0.314. The number of nitrogens with zero attached hydrogens (tertiary/aromatic N) is 5. The van der Waals surface area contributed by atoms with E-state index < -0.39 is 11.7 Å². The van der Waals surface area contributed by atoms with E-state index in [1.165, 1.54) is 53.6 Å². The first-order valence-corrected chi connectivity index (χ1v) is 15.6. The number of anilines is 1. The van der Waals surface area contributed by atoms with Crippen LogP contribution >= 0.6 is 0 Å². The second-order valence-corrected chi connectivity index (χ2v) is 11.5. The first-order chi connectivity index (χ1) is 22.8. The predicted molar refractivity (Wildman–Crippen MR) is 177 cm³/mol. The van der Waals surface area contributed by atoms with E-state index in [1.807, 2.05) is 0 Å². The Kier molecular flexibility index (Phi) is 9.48. The summed E-state index contributed by atoms with van der Waals surface area (Å²) in [5.74, 6) is 0.199. The van der Waals surface area contributed by atoms with Gasteiger partial charge in [-0.05, 0) is 75.7 Å². The molecule has 0 unspecified atom stereocenters. The van der Waals surface area contributed by atoms with E-state index in [0.717, 1.165) is 26.1 Å². The number of aromatic nitrogens is 4. The van der Waals surface area contributed by atoms with Crippen LogP contribution in [-0.2, 0) is 7.05 Å². The molecule has 1 aliphatic rings. The van der Waals surface area contributed by atoms with Crippen molar-refractivity contribution >= 4 is 22.5 Å². The number of ether oxygens (including phenoxy) is 3. The number of halogens is 1. The van der Waals surface area contributed by atoms with E-state index in [9.17, 15) is 9.59 Å². The molecule has 0 bridgehead atoms. The molecule has 1 saturated heterocycles. The van der Waals surface area contributed by atoms with Gasteiger partial charge >= 0.3 is 5.69 Å². The Morgan fingerprint density at radius 3 is 2.49 bits per heavy atom. The molecule has 1 N–H and O–H groups in total. The fourth-order valence-corrected chi connectivity index (χ4v) is 5.96. The Morgan fingerprint density at radius 1 is 0.957 bits per heavy atom. The molecular weight excluding hydrogens is 603 g/mol. The molecule has 11 nitrogen and oxygen atoms in total. The van der Waals surface area contributed by atoms with Gasteiger partial charge in [-0.1, -0.05) is 6.42 Å². The highest BCUT2D eigenvalue weighted by Gasteiger charge is 2.22. The fourth-order valence-electron chi connectivity index (χ4n) is 5.96. The molecule has 2 aromatic carbocycles. The average molecular weight is 641 g/mol. The third kappa shape index (κ3) is 6.82. The quantitative estimate of drug-likeness (QED) is 0.178. The van der Waals surface area contributed by atoms with Gasteiger partial charge in [-0.25, -0.2) is 9.18 Å². The summed E-state index contributed by atoms with van der Waals surface area (Å²) in [6.45, 7) is 5.52. The lowest BCUT2D eigenvalue weighted by atomic mass is 10.1. The third-order valence-electron chi connectivity index (χ3n) is 8.35. The number of hydrogen-bond donors (Lipinski definition) is 1. The Labute approximate surface area is 271 Å². The van der Waals surface area contributed by atoms with Gasteiger partial charge in [0.05, 0.1) is 30.6 Å². The molecular formula is C35H37FN6O5. The number of nitrogens with one attached hydrogen (secondary N) is 1. The zero-order chi connectivity index (χ0) is 32.9. The number of amides is 1. The highest BCUT2D eigenvalue weighted by molar-refractivity contribution is 6.04. The van der Waals surface area contributed by atoms with Gasteiger partial charge in [0.25, 0.3) is 5.91 Å². The van der Waals surface area contributed by atoms with Crippen LogP contribution in [0.4, 0.5) is 10.1 Å². The van der Waals surface area contributed by atoms with E-state index in [4.69, 9.17) is 14.2 Å². The number of pyridine rings is 2. The van der Waals surface area contributed by atoms with Crippen LogP contribution in [-0.4, -0.2) is 63.3 Å². The number of likely N-dealkylation sites (tertiary alicyclic amines) is 1. The molecule has 0 aliphatic carbocycles. The van der Waals surface area contributed by atoms with Crippen LogP contribution in [0.2, 0.25) is 0 Å². The molecule has 1 aliphatic heterocycles. The second kappa shape index (κ2) is 14.0. The number of piperidine rings is 1. The SMILES string of the molecule is COc1cc2c(Oc3ccc(NC(=O)c4c(C)n(-c5ccncc5)c(=O)n4C)cc3F)ccnc2cc1OCCCN1CCCCC1. The molecule has 5 aromatic rings. The number of rotatable bonds is 11. The second-order valence-electron chi connectivity index (χ2n) is 11.5. The third-order valence-corrected chi connectivity index (χ3v) is 8.35. The molecule has 0 radical (unpaired) electrons. The van der Waals surface area contributed by atoms with Crippen LogP contribution < -0.4 is 25.2 Å². The summed E-state index contributed by atoms with van der Waals surface area (Å²) in [7, 11) is 3.08. The van der Waals surface area contributed by atoms with E-state index in [2.05, 4.69) is 20.2 Å². The van der Waals surface area contributed by atoms with Crippen molar-refractivity contribution in [1.29, 1.82) is 0 Å². The Balaban J connectivity index is 1.16. The number of methoxy groups -OCH3 is 1. The number of hydrogen-bond acceptors (Lipinski definition) is 8. The van der Waals surface area contributed by atoms with Crippen molar-refractivity contribution in [3.63, 3.8) is 0 Å². The summed E-state index contributed by atoms with van der Waals surface area (Å²) in [6, 6.07) is 12.7. The lowest BCUT2D eigenvalue weighted by Gasteiger charge is -2.26. The normalized spacial score (nSPS) is 13.4. The summed E-state index contributed by atoms with van der Waals surface area (Å²) in [5.41, 5.74) is 1.59. The topological polar surface area (TPSA) is 113 Å². The maximum Gasteiger partial charge on any atom is 0.333 e. The Morgan fingerprint density at radius 2 is 1.74 bits per heavy atom. The number of benzene rings is 2. The standard InChI is InChI=1S/C35H37FN6O5/c1-23-33(40(2)35(44)42(23)25-10-13-37-14-11-25)34(43)39-24-8-9-30(27(36)20-24)47-29-12-15-38-28-22-32(31(45-3)21-26(28)29)46-19-7-18-41-16-5-4-6-17-41/h8-15,20-22H,4-7,16-19H2,1-3H3,(H,39,43). The van der Waals surface area contributed by atoms with Gasteiger partial charge in [0.2, 0.25) is 0 Å². The van der Waals surface area contributed by atoms with E-state index >= 15 is 4.39 Å². The van der Waals surface area contributed by atoms with Gasteiger partial charge in [0.15, 0.2) is 23.1 Å². The van der Waals surface area contributed by atoms with Crippen molar-refractivity contribution in [2.75, 3.05) is 38.7 Å². The zero-order valence-electron chi connectivity index (χ0n) is 26.7. The largest absolute Gasteiger partial charge is 0.493 e. The number of fused-ring (bicyclic) bond motifs is 1. The molecule has 0 atom stereocenters. The van der Waals surface area contributed by atoms with Crippen LogP contribution in [0, 0.1) is 12.7 Å². The maximum atomic E-state index is 15.3. The smallest absolute Gasteiger partial charge is 0.333 e. The first-order valence-electron chi connectivity index (χ1n) is 15.6. The molecule has 0 saturated carbocycles. The summed E-state index contributed by atoms with van der Waals surface area (Å²) >= 11 is 0. The molecule has 4 heterocycles. The lowest BCUT2D eigenvalue weighted by molar-refractivity contribution is 0.101. The van der Waals surface area contributed by atoms with Crippen LogP contribution in [0.5, 0.6) is 23.0 Å². The number of imidazole rings is 1. The van der Waals surface area contributed by atoms with Crippen molar-refractivity contribution in [1.82, 2.24) is 24.0 Å². The minimum Gasteiger partial charge on any atom is -0.493 e. The number of carbonyl (C=O) groups excluding carboxylic acids is 1. The van der Waals surface area contributed by atoms with Crippen molar-refractivity contribution < 1.29 is 23.4 Å². The van der Waals surface area contributed by atoms with Crippen LogP contribution in [0.15, 0.2) is 71.9 Å². The predicted octanol–water partition coefficient (Wildman–Crippen LogP) is 5.87. The summed E-state index contributed by atoms with van der Waals surface area (Å²) < 4.78 is 35.7. The molecule has 12 heteroatoms. The van der Waals surface area contributed by atoms with Gasteiger partial charge in [-0.3, -0.25) is 23.9 Å². The molecule has 47 heavy (non-hydrogen) atoms. The van der Waals surface area contributed by atoms with Crippen LogP contribution in [0.1, 0.15) is 41.9 Å². The van der Waals surface area contributed by atoms with Gasteiger partial charge in [-0.15, -0.1) is 0 Å². The summed E-state index contributed by atoms with van der Waals surface area (Å²) in [5, 5.41) is 3.31. The maximum absolute atomic E-state index is 15.3. The van der Waals surface area contributed by atoms with Gasteiger partial charge in [-0.2, -0.15) is 0 Å². The Bertz CT molecular complexity index is 1950. The number of carbonyl (C=O) groups is 1. The molecule has 1 fully saturated rings. The molecule has 1 amide bonds. The highest BCUT2D eigenvalue weighted by atomic mass is 19.1. The minimum absolute atomic E-state index is 0.0417. The van der Waals surface area contributed by atoms with E-state index in [-0.39, 0.29) is 22.8 Å². The highest BCUT2D eigenvalue weighted by Crippen LogP contribution is 2.38. The summed E-state index contributed by atoms with van der Waals surface area (Å²) in [4.78, 5) is 37.1. The average Bonchev–Trinajstić information content (AvgIpc) is 3.31. The monoisotopic (exact) mass is 640 g/mol. The minimum atomic E-state index is -0.687. The molecule has 244 valence electrons. The van der Waals surface area contributed by atoms with Gasteiger partial charge < -0.3 is 24.4 Å². The molecule has 6 rings (SSSR count). The van der Waals surface area contributed by atoms with Gasteiger partial charge in [0.1, 0.15) is 11.4 Å².